The second-order valence-corrected chi connectivity index (χ2v) is 7.06. The molecule has 2 aromatic heterocycles. The van der Waals surface area contributed by atoms with E-state index in [-0.39, 0.29) is 0 Å². The number of fused-ring (bicyclic) bond motifs is 1. The molecule has 0 unspecified atom stereocenters. The Morgan fingerprint density at radius 3 is 2.32 bits per heavy atom. The van der Waals surface area contributed by atoms with Crippen molar-refractivity contribution in [1.82, 2.24) is 9.97 Å². The lowest BCUT2D eigenvalue weighted by atomic mass is 10.1. The van der Waals surface area contributed by atoms with Crippen molar-refractivity contribution in [2.45, 2.75) is 13.3 Å². The van der Waals surface area contributed by atoms with E-state index >= 15 is 0 Å². The summed E-state index contributed by atoms with van der Waals surface area (Å²) in [5.74, 6) is 1.54. The quantitative estimate of drug-likeness (QED) is 0.401. The van der Waals surface area contributed by atoms with Gasteiger partial charge in [-0.15, -0.1) is 0 Å². The fraction of sp³-hybridized carbons (Fsp3) is 0.0800. The van der Waals surface area contributed by atoms with Gasteiger partial charge in [-0.2, -0.15) is 0 Å². The molecule has 3 heteroatoms. The molecule has 0 radical (unpaired) electrons. The van der Waals surface area contributed by atoms with E-state index in [1.54, 1.807) is 0 Å². The zero-order valence-electron chi connectivity index (χ0n) is 15.6. The minimum Gasteiger partial charge on any atom is -0.440 e. The Labute approximate surface area is 163 Å². The lowest BCUT2D eigenvalue weighted by molar-refractivity contribution is 0.520. The van der Waals surface area contributed by atoms with Gasteiger partial charge >= 0.3 is 0 Å². The molecule has 0 aliphatic rings. The molecular weight excluding hydrogens is 344 g/mol. The van der Waals surface area contributed by atoms with Crippen molar-refractivity contribution in [2.24, 2.45) is 0 Å². The van der Waals surface area contributed by atoms with Gasteiger partial charge in [0.1, 0.15) is 5.69 Å². The number of oxazole rings is 1. The number of benzene rings is 3. The van der Waals surface area contributed by atoms with Crippen LogP contribution in [0.2, 0.25) is 0 Å². The Morgan fingerprint density at radius 2 is 1.57 bits per heavy atom. The van der Waals surface area contributed by atoms with Crippen molar-refractivity contribution in [3.8, 4) is 22.6 Å². The topological polar surface area (TPSA) is 41.8 Å². The van der Waals surface area contributed by atoms with Crippen LogP contribution >= 0.6 is 0 Å². The molecule has 0 aliphatic carbocycles. The van der Waals surface area contributed by atoms with E-state index < -0.39 is 0 Å². The standard InChI is InChI=1S/C25H20N2O/c1-17-12-13-22-21(14-17)20(16-26-22)15-23-27-24(18-8-4-2-5-9-18)25(28-23)19-10-6-3-7-11-19/h2-14,16,26H,15H2,1H3. The number of hydrogen-bond donors (Lipinski definition) is 1. The van der Waals surface area contributed by atoms with Crippen molar-refractivity contribution in [1.29, 1.82) is 0 Å². The van der Waals surface area contributed by atoms with Crippen LogP contribution < -0.4 is 0 Å². The molecule has 5 aromatic rings. The van der Waals surface area contributed by atoms with Crippen molar-refractivity contribution < 1.29 is 4.42 Å². The third kappa shape index (κ3) is 3.01. The van der Waals surface area contributed by atoms with Crippen LogP contribution in [0.1, 0.15) is 17.0 Å². The van der Waals surface area contributed by atoms with E-state index in [4.69, 9.17) is 9.40 Å². The van der Waals surface area contributed by atoms with Crippen LogP contribution in [0, 0.1) is 6.92 Å². The van der Waals surface area contributed by atoms with Crippen molar-refractivity contribution in [3.63, 3.8) is 0 Å². The van der Waals surface area contributed by atoms with E-state index in [0.717, 1.165) is 34.0 Å². The minimum atomic E-state index is 0.649. The summed E-state index contributed by atoms with van der Waals surface area (Å²) in [6.45, 7) is 2.11. The first-order chi connectivity index (χ1) is 13.8. The summed E-state index contributed by atoms with van der Waals surface area (Å²) in [4.78, 5) is 8.23. The lowest BCUT2D eigenvalue weighted by Crippen LogP contribution is -1.87. The van der Waals surface area contributed by atoms with Crippen molar-refractivity contribution >= 4 is 10.9 Å². The summed E-state index contributed by atoms with van der Waals surface area (Å²) < 4.78 is 6.28. The average Bonchev–Trinajstić information content (AvgIpc) is 3.34. The van der Waals surface area contributed by atoms with Crippen LogP contribution in [-0.4, -0.2) is 9.97 Å². The maximum Gasteiger partial charge on any atom is 0.200 e. The van der Waals surface area contributed by atoms with Gasteiger partial charge in [-0.25, -0.2) is 4.98 Å². The third-order valence-electron chi connectivity index (χ3n) is 5.02. The maximum absolute atomic E-state index is 6.28. The van der Waals surface area contributed by atoms with Gasteiger partial charge < -0.3 is 9.40 Å². The molecular formula is C25H20N2O. The highest BCUT2D eigenvalue weighted by molar-refractivity contribution is 5.84. The summed E-state index contributed by atoms with van der Waals surface area (Å²) in [5.41, 5.74) is 6.56. The predicted molar refractivity (Wildman–Crippen MR) is 113 cm³/mol. The van der Waals surface area contributed by atoms with Gasteiger partial charge in [-0.3, -0.25) is 0 Å². The highest BCUT2D eigenvalue weighted by Gasteiger charge is 2.18. The lowest BCUT2D eigenvalue weighted by Gasteiger charge is -2.00. The number of aryl methyl sites for hydroxylation is 1. The smallest absolute Gasteiger partial charge is 0.200 e. The largest absolute Gasteiger partial charge is 0.440 e. The molecule has 2 heterocycles. The zero-order chi connectivity index (χ0) is 18.9. The van der Waals surface area contributed by atoms with Crippen LogP contribution in [0.5, 0.6) is 0 Å². The summed E-state index contributed by atoms with van der Waals surface area (Å²) in [5, 5.41) is 1.22. The number of H-pyrrole nitrogens is 1. The second kappa shape index (κ2) is 6.86. The van der Waals surface area contributed by atoms with Crippen LogP contribution in [0.4, 0.5) is 0 Å². The molecule has 0 spiro atoms. The molecule has 0 saturated heterocycles. The predicted octanol–water partition coefficient (Wildman–Crippen LogP) is 6.39. The Hall–Kier alpha value is -3.59. The molecule has 1 N–H and O–H groups in total. The number of rotatable bonds is 4. The molecule has 0 bridgehead atoms. The third-order valence-corrected chi connectivity index (χ3v) is 5.02. The molecule has 136 valence electrons. The first-order valence-corrected chi connectivity index (χ1v) is 9.45. The molecule has 5 rings (SSSR count). The van der Waals surface area contributed by atoms with Gasteiger partial charge in [-0.05, 0) is 24.6 Å². The Bertz CT molecular complexity index is 1180. The Morgan fingerprint density at radius 1 is 0.857 bits per heavy atom. The average molecular weight is 364 g/mol. The molecule has 28 heavy (non-hydrogen) atoms. The van der Waals surface area contributed by atoms with Crippen molar-refractivity contribution in [2.75, 3.05) is 0 Å². The van der Waals surface area contributed by atoms with E-state index in [2.05, 4.69) is 60.6 Å². The summed E-state index contributed by atoms with van der Waals surface area (Å²) >= 11 is 0. The molecule has 0 saturated carbocycles. The highest BCUT2D eigenvalue weighted by Crippen LogP contribution is 2.33. The number of nitrogens with one attached hydrogen (secondary N) is 1. The van der Waals surface area contributed by atoms with Crippen LogP contribution in [-0.2, 0) is 6.42 Å². The normalized spacial score (nSPS) is 11.2. The number of aromatic nitrogens is 2. The molecule has 3 nitrogen and oxygen atoms in total. The van der Waals surface area contributed by atoms with E-state index in [0.29, 0.717) is 6.42 Å². The van der Waals surface area contributed by atoms with E-state index in [9.17, 15) is 0 Å². The second-order valence-electron chi connectivity index (χ2n) is 7.06. The summed E-state index contributed by atoms with van der Waals surface area (Å²) in [7, 11) is 0. The Balaban J connectivity index is 1.60. The molecule has 0 atom stereocenters. The Kier molecular flexibility index (Phi) is 4.06. The SMILES string of the molecule is Cc1ccc2[nH]cc(Cc3nc(-c4ccccc4)c(-c4ccccc4)o3)c2c1. The van der Waals surface area contributed by atoms with E-state index in [1.165, 1.54) is 16.5 Å². The van der Waals surface area contributed by atoms with E-state index in [1.807, 2.05) is 36.4 Å². The van der Waals surface area contributed by atoms with Gasteiger partial charge in [0.05, 0.1) is 6.42 Å². The van der Waals surface area contributed by atoms with Crippen LogP contribution in [0.3, 0.4) is 0 Å². The first-order valence-electron chi connectivity index (χ1n) is 9.45. The summed E-state index contributed by atoms with van der Waals surface area (Å²) in [6, 6.07) is 26.8. The molecule has 0 amide bonds. The fourth-order valence-corrected chi connectivity index (χ4v) is 3.62. The van der Waals surface area contributed by atoms with Crippen LogP contribution in [0.15, 0.2) is 89.5 Å². The van der Waals surface area contributed by atoms with Crippen molar-refractivity contribution in [3.05, 3.63) is 102 Å². The summed E-state index contributed by atoms with van der Waals surface area (Å²) in [6.07, 6.45) is 2.70. The van der Waals surface area contributed by atoms with Gasteiger partial charge in [0.25, 0.3) is 0 Å². The monoisotopic (exact) mass is 364 g/mol. The maximum atomic E-state index is 6.28. The number of nitrogens with zero attached hydrogens (tertiary/aromatic N) is 1. The number of aromatic amines is 1. The fourth-order valence-electron chi connectivity index (χ4n) is 3.62. The van der Waals surface area contributed by atoms with Gasteiger partial charge in [0.15, 0.2) is 11.7 Å². The first kappa shape index (κ1) is 16.6. The molecule has 3 aromatic carbocycles. The van der Waals surface area contributed by atoms with Gasteiger partial charge in [-0.1, -0.05) is 72.3 Å². The molecule has 0 aliphatic heterocycles. The number of hydrogen-bond acceptors (Lipinski definition) is 2. The van der Waals surface area contributed by atoms with Gasteiger partial charge in [0.2, 0.25) is 0 Å². The van der Waals surface area contributed by atoms with Crippen LogP contribution in [0.25, 0.3) is 33.5 Å². The zero-order valence-corrected chi connectivity index (χ0v) is 15.6. The van der Waals surface area contributed by atoms with Gasteiger partial charge in [0, 0.05) is 28.2 Å². The molecule has 0 fully saturated rings. The minimum absolute atomic E-state index is 0.649. The highest BCUT2D eigenvalue weighted by atomic mass is 16.4.